The predicted octanol–water partition coefficient (Wildman–Crippen LogP) is 2.95. The zero-order valence-corrected chi connectivity index (χ0v) is 14.5. The van der Waals surface area contributed by atoms with Crippen molar-refractivity contribution in [1.29, 1.82) is 0 Å². The third-order valence-electron chi connectivity index (χ3n) is 4.12. The highest BCUT2D eigenvalue weighted by Gasteiger charge is 2.09. The molecule has 4 aromatic rings. The molecule has 1 amide bonds. The normalized spacial score (nSPS) is 10.7. The fraction of sp³-hybridized carbons (Fsp3) is 0.0526. The minimum Gasteiger partial charge on any atom is -0.366 e. The first-order valence-corrected chi connectivity index (χ1v) is 8.27. The highest BCUT2D eigenvalue weighted by Crippen LogP contribution is 2.22. The number of nitrogens with two attached hydrogens (primary N) is 1. The van der Waals surface area contributed by atoms with Crippen LogP contribution >= 0.6 is 0 Å². The summed E-state index contributed by atoms with van der Waals surface area (Å²) < 4.78 is 2.01. The van der Waals surface area contributed by atoms with Gasteiger partial charge in [-0.2, -0.15) is 0 Å². The van der Waals surface area contributed by atoms with Crippen LogP contribution in [0.1, 0.15) is 10.4 Å². The van der Waals surface area contributed by atoms with Gasteiger partial charge < -0.3 is 20.9 Å². The van der Waals surface area contributed by atoms with Gasteiger partial charge in [0.05, 0.1) is 22.3 Å². The number of carbonyl (C=O) groups excluding carboxylic acids is 1. The lowest BCUT2D eigenvalue weighted by molar-refractivity contribution is 0.100. The van der Waals surface area contributed by atoms with Crippen LogP contribution in [0.3, 0.4) is 0 Å². The second-order valence-electron chi connectivity index (χ2n) is 5.98. The molecule has 0 saturated heterocycles. The van der Waals surface area contributed by atoms with Crippen LogP contribution in [-0.2, 0) is 7.05 Å². The van der Waals surface area contributed by atoms with Crippen molar-refractivity contribution in [3.8, 4) is 0 Å². The number of hydrogen-bond donors (Lipinski definition) is 3. The topological polar surface area (TPSA) is 111 Å². The van der Waals surface area contributed by atoms with Gasteiger partial charge in [0.1, 0.15) is 23.8 Å². The molecule has 0 aliphatic rings. The summed E-state index contributed by atoms with van der Waals surface area (Å²) in [7, 11) is 1.98. The van der Waals surface area contributed by atoms with Crippen LogP contribution in [0.5, 0.6) is 0 Å². The maximum Gasteiger partial charge on any atom is 0.250 e. The van der Waals surface area contributed by atoms with Crippen molar-refractivity contribution >= 4 is 40.1 Å². The Bertz CT molecular complexity index is 1140. The van der Waals surface area contributed by atoms with Crippen molar-refractivity contribution in [2.24, 2.45) is 12.8 Å². The first-order valence-electron chi connectivity index (χ1n) is 8.27. The molecule has 0 fully saturated rings. The summed E-state index contributed by atoms with van der Waals surface area (Å²) in [5.41, 5.74) is 8.33. The van der Waals surface area contributed by atoms with Crippen molar-refractivity contribution in [2.45, 2.75) is 0 Å². The van der Waals surface area contributed by atoms with Gasteiger partial charge >= 0.3 is 0 Å². The minimum atomic E-state index is -0.508. The third kappa shape index (κ3) is 3.40. The summed E-state index contributed by atoms with van der Waals surface area (Å²) in [6, 6.07) is 14.6. The summed E-state index contributed by atoms with van der Waals surface area (Å²) in [5.74, 6) is 1.27. The first-order chi connectivity index (χ1) is 13.1. The molecule has 3 aromatic heterocycles. The van der Waals surface area contributed by atoms with Crippen molar-refractivity contribution in [3.63, 3.8) is 0 Å². The Morgan fingerprint density at radius 2 is 1.78 bits per heavy atom. The number of nitrogens with zero attached hydrogens (tertiary/aromatic N) is 4. The lowest BCUT2D eigenvalue weighted by atomic mass is 10.1. The van der Waals surface area contributed by atoms with Crippen molar-refractivity contribution in [2.75, 3.05) is 10.6 Å². The molecule has 0 unspecified atom stereocenters. The molecular formula is C19H17N7O. The molecule has 0 bridgehead atoms. The average molecular weight is 359 g/mol. The molecule has 4 N–H and O–H groups in total. The van der Waals surface area contributed by atoms with E-state index in [9.17, 15) is 4.79 Å². The van der Waals surface area contributed by atoms with Crippen LogP contribution in [0.2, 0.25) is 0 Å². The molecule has 0 radical (unpaired) electrons. The van der Waals surface area contributed by atoms with Crippen LogP contribution < -0.4 is 16.4 Å². The van der Waals surface area contributed by atoms with Crippen LogP contribution in [0.25, 0.3) is 11.0 Å². The van der Waals surface area contributed by atoms with Gasteiger partial charge in [-0.3, -0.25) is 4.79 Å². The molecule has 0 saturated carbocycles. The molecule has 0 aliphatic heterocycles. The summed E-state index contributed by atoms with van der Waals surface area (Å²) in [6.07, 6.45) is 3.39. The van der Waals surface area contributed by atoms with E-state index in [1.165, 1.54) is 6.33 Å². The van der Waals surface area contributed by atoms with E-state index in [1.807, 2.05) is 42.1 Å². The van der Waals surface area contributed by atoms with Gasteiger partial charge in [0.15, 0.2) is 0 Å². The highest BCUT2D eigenvalue weighted by atomic mass is 16.1. The average Bonchev–Trinajstić information content (AvgIpc) is 3.03. The van der Waals surface area contributed by atoms with E-state index >= 15 is 0 Å². The van der Waals surface area contributed by atoms with Gasteiger partial charge in [-0.05, 0) is 30.3 Å². The maximum absolute atomic E-state index is 11.6. The molecule has 0 spiro atoms. The SMILES string of the molecule is Cn1ccc2nc(Nc3cc(Nc4ccccc4C(N)=O)ncn3)ccc21. The second kappa shape index (κ2) is 6.75. The standard InChI is InChI=1S/C19H17N7O/c1-26-9-8-14-15(26)6-7-16(24-14)25-18-10-17(21-11-22-18)23-13-5-3-2-4-12(13)19(20)27/h2-11H,1H3,(H2,20,27)(H2,21,22,23,24,25). The summed E-state index contributed by atoms with van der Waals surface area (Å²) in [6.45, 7) is 0. The zero-order chi connectivity index (χ0) is 18.8. The molecule has 4 rings (SSSR count). The maximum atomic E-state index is 11.6. The van der Waals surface area contributed by atoms with Crippen LogP contribution in [0.4, 0.5) is 23.1 Å². The van der Waals surface area contributed by atoms with Gasteiger partial charge in [-0.25, -0.2) is 15.0 Å². The minimum absolute atomic E-state index is 0.391. The van der Waals surface area contributed by atoms with Gasteiger partial charge in [0.2, 0.25) is 0 Å². The Balaban J connectivity index is 1.58. The van der Waals surface area contributed by atoms with Gasteiger partial charge in [0.25, 0.3) is 5.91 Å². The van der Waals surface area contributed by atoms with E-state index in [1.54, 1.807) is 24.3 Å². The number of fused-ring (bicyclic) bond motifs is 1. The van der Waals surface area contributed by atoms with Crippen molar-refractivity contribution < 1.29 is 4.79 Å². The zero-order valence-electron chi connectivity index (χ0n) is 14.5. The lowest BCUT2D eigenvalue weighted by Gasteiger charge is -2.10. The number of primary amides is 1. The fourth-order valence-corrected chi connectivity index (χ4v) is 2.79. The van der Waals surface area contributed by atoms with Crippen LogP contribution in [0.15, 0.2) is 61.1 Å². The number of pyridine rings is 1. The Morgan fingerprint density at radius 3 is 2.59 bits per heavy atom. The largest absolute Gasteiger partial charge is 0.366 e. The summed E-state index contributed by atoms with van der Waals surface area (Å²) >= 11 is 0. The second-order valence-corrected chi connectivity index (χ2v) is 5.98. The molecule has 3 heterocycles. The number of nitrogens with one attached hydrogen (secondary N) is 2. The van der Waals surface area contributed by atoms with Crippen LogP contribution in [0, 0.1) is 0 Å². The quantitative estimate of drug-likeness (QED) is 0.505. The molecule has 0 aliphatic carbocycles. The Morgan fingerprint density at radius 1 is 1.00 bits per heavy atom. The Hall–Kier alpha value is -3.94. The number of para-hydroxylation sites is 1. The number of anilines is 4. The van der Waals surface area contributed by atoms with Gasteiger partial charge in [-0.1, -0.05) is 12.1 Å². The number of aryl methyl sites for hydroxylation is 1. The van der Waals surface area contributed by atoms with E-state index in [-0.39, 0.29) is 0 Å². The van der Waals surface area contributed by atoms with E-state index in [0.29, 0.717) is 28.7 Å². The molecule has 134 valence electrons. The number of aromatic nitrogens is 4. The molecule has 0 atom stereocenters. The monoisotopic (exact) mass is 359 g/mol. The summed E-state index contributed by atoms with van der Waals surface area (Å²) in [5, 5.41) is 6.26. The fourth-order valence-electron chi connectivity index (χ4n) is 2.79. The van der Waals surface area contributed by atoms with Gasteiger partial charge in [-0.15, -0.1) is 0 Å². The number of rotatable bonds is 5. The molecular weight excluding hydrogens is 342 g/mol. The van der Waals surface area contributed by atoms with Crippen LogP contribution in [-0.4, -0.2) is 25.4 Å². The van der Waals surface area contributed by atoms with Crippen molar-refractivity contribution in [3.05, 3.63) is 66.6 Å². The first kappa shape index (κ1) is 16.5. The Kier molecular flexibility index (Phi) is 4.13. The third-order valence-corrected chi connectivity index (χ3v) is 4.12. The van der Waals surface area contributed by atoms with Crippen molar-refractivity contribution in [1.82, 2.24) is 19.5 Å². The number of benzene rings is 1. The number of hydrogen-bond acceptors (Lipinski definition) is 6. The van der Waals surface area contributed by atoms with Gasteiger partial charge in [0, 0.05) is 19.3 Å². The van der Waals surface area contributed by atoms with E-state index in [4.69, 9.17) is 5.73 Å². The Labute approximate surface area is 155 Å². The van der Waals surface area contributed by atoms with E-state index in [0.717, 1.165) is 11.0 Å². The number of amides is 1. The molecule has 27 heavy (non-hydrogen) atoms. The smallest absolute Gasteiger partial charge is 0.250 e. The summed E-state index contributed by atoms with van der Waals surface area (Å²) in [4.78, 5) is 24.5. The lowest BCUT2D eigenvalue weighted by Crippen LogP contribution is -2.13. The molecule has 8 heteroatoms. The molecule has 1 aromatic carbocycles. The number of carbonyl (C=O) groups is 1. The predicted molar refractivity (Wildman–Crippen MR) is 104 cm³/mol. The molecule has 8 nitrogen and oxygen atoms in total. The highest BCUT2D eigenvalue weighted by molar-refractivity contribution is 5.99. The van der Waals surface area contributed by atoms with E-state index in [2.05, 4.69) is 25.6 Å². The van der Waals surface area contributed by atoms with E-state index < -0.39 is 5.91 Å².